The van der Waals surface area contributed by atoms with Crippen molar-refractivity contribution in [3.63, 3.8) is 0 Å². The molecule has 4 heteroatoms. The van der Waals surface area contributed by atoms with Crippen LogP contribution in [0.4, 0.5) is 8.78 Å². The first-order valence-corrected chi connectivity index (χ1v) is 4.26. The highest BCUT2D eigenvalue weighted by molar-refractivity contribution is 5.29. The van der Waals surface area contributed by atoms with Gasteiger partial charge in [-0.25, -0.2) is 8.78 Å². The molecule has 0 aromatic heterocycles. The summed E-state index contributed by atoms with van der Waals surface area (Å²) in [6.45, 7) is 0.921. The fraction of sp³-hybridized carbons (Fsp3) is 0.400. The van der Waals surface area contributed by atoms with Gasteiger partial charge >= 0.3 is 0 Å². The maximum atomic E-state index is 12.8. The lowest BCUT2D eigenvalue weighted by Crippen LogP contribution is -2.07. The first-order chi connectivity index (χ1) is 6.54. The number of hydrogen-bond donors (Lipinski definition) is 1. The zero-order valence-corrected chi connectivity index (χ0v) is 7.84. The summed E-state index contributed by atoms with van der Waals surface area (Å²) in [4.78, 5) is 0. The summed E-state index contributed by atoms with van der Waals surface area (Å²) in [6.07, 6.45) is 0. The van der Waals surface area contributed by atoms with Gasteiger partial charge in [-0.3, -0.25) is 0 Å². The van der Waals surface area contributed by atoms with Crippen molar-refractivity contribution in [3.05, 3.63) is 29.8 Å². The van der Waals surface area contributed by atoms with Gasteiger partial charge in [-0.2, -0.15) is 0 Å². The standard InChI is InChI=1S/C10H12F2O2/c1-10(11,12)8-2-4-9(5-3-8)14-7-6-13/h2-5,13H,6-7H2,1H3. The Morgan fingerprint density at radius 2 is 1.86 bits per heavy atom. The molecule has 0 saturated heterocycles. The lowest BCUT2D eigenvalue weighted by atomic mass is 10.1. The Labute approximate surface area is 81.1 Å². The largest absolute Gasteiger partial charge is 0.491 e. The molecule has 1 N–H and O–H groups in total. The van der Waals surface area contributed by atoms with E-state index in [0.717, 1.165) is 6.92 Å². The van der Waals surface area contributed by atoms with Crippen LogP contribution in [0.25, 0.3) is 0 Å². The van der Waals surface area contributed by atoms with Crippen LogP contribution in [0.15, 0.2) is 24.3 Å². The van der Waals surface area contributed by atoms with Crippen LogP contribution in [0.3, 0.4) is 0 Å². The van der Waals surface area contributed by atoms with Crippen LogP contribution in [0.2, 0.25) is 0 Å². The van der Waals surface area contributed by atoms with Gasteiger partial charge in [0.05, 0.1) is 6.61 Å². The van der Waals surface area contributed by atoms with E-state index in [2.05, 4.69) is 0 Å². The van der Waals surface area contributed by atoms with Crippen molar-refractivity contribution in [1.82, 2.24) is 0 Å². The van der Waals surface area contributed by atoms with Gasteiger partial charge in [0.25, 0.3) is 5.92 Å². The van der Waals surface area contributed by atoms with E-state index in [4.69, 9.17) is 9.84 Å². The Balaban J connectivity index is 2.69. The summed E-state index contributed by atoms with van der Waals surface area (Å²) in [5.41, 5.74) is -0.0474. The lowest BCUT2D eigenvalue weighted by molar-refractivity contribution is 0.0174. The van der Waals surface area contributed by atoms with Crippen molar-refractivity contribution >= 4 is 0 Å². The van der Waals surface area contributed by atoms with Crippen molar-refractivity contribution in [3.8, 4) is 5.75 Å². The number of halogens is 2. The zero-order chi connectivity index (χ0) is 10.6. The number of aliphatic hydroxyl groups excluding tert-OH is 1. The van der Waals surface area contributed by atoms with E-state index in [1.54, 1.807) is 0 Å². The molecule has 0 aliphatic carbocycles. The van der Waals surface area contributed by atoms with Crippen molar-refractivity contribution in [2.75, 3.05) is 13.2 Å². The molecule has 0 radical (unpaired) electrons. The van der Waals surface area contributed by atoms with Gasteiger partial charge in [-0.05, 0) is 24.3 Å². The van der Waals surface area contributed by atoms with E-state index in [-0.39, 0.29) is 18.8 Å². The van der Waals surface area contributed by atoms with Crippen LogP contribution in [0.5, 0.6) is 5.75 Å². The minimum Gasteiger partial charge on any atom is -0.491 e. The molecule has 0 unspecified atom stereocenters. The Morgan fingerprint density at radius 1 is 1.29 bits per heavy atom. The SMILES string of the molecule is CC(F)(F)c1ccc(OCCO)cc1. The van der Waals surface area contributed by atoms with Gasteiger partial charge in [0, 0.05) is 12.5 Å². The van der Waals surface area contributed by atoms with Gasteiger partial charge in [-0.1, -0.05) is 0 Å². The van der Waals surface area contributed by atoms with E-state index in [0.29, 0.717) is 5.75 Å². The van der Waals surface area contributed by atoms with Gasteiger partial charge in [0.2, 0.25) is 0 Å². The quantitative estimate of drug-likeness (QED) is 0.810. The number of aliphatic hydroxyl groups is 1. The highest BCUT2D eigenvalue weighted by atomic mass is 19.3. The molecule has 0 bridgehead atoms. The molecule has 0 spiro atoms. The van der Waals surface area contributed by atoms with E-state index in [1.165, 1.54) is 24.3 Å². The van der Waals surface area contributed by atoms with Crippen molar-refractivity contribution in [1.29, 1.82) is 0 Å². The number of rotatable bonds is 4. The fourth-order valence-electron chi connectivity index (χ4n) is 1.01. The molecular formula is C10H12F2O2. The average molecular weight is 202 g/mol. The van der Waals surface area contributed by atoms with Crippen molar-refractivity contribution < 1.29 is 18.6 Å². The molecule has 1 aromatic carbocycles. The zero-order valence-electron chi connectivity index (χ0n) is 7.84. The third kappa shape index (κ3) is 2.96. The van der Waals surface area contributed by atoms with Gasteiger partial charge < -0.3 is 9.84 Å². The molecule has 0 fully saturated rings. The second-order valence-electron chi connectivity index (χ2n) is 2.98. The maximum Gasteiger partial charge on any atom is 0.270 e. The predicted molar refractivity (Wildman–Crippen MR) is 48.6 cm³/mol. The van der Waals surface area contributed by atoms with Crippen LogP contribution in [0, 0.1) is 0 Å². The molecule has 78 valence electrons. The monoisotopic (exact) mass is 202 g/mol. The predicted octanol–water partition coefficient (Wildman–Crippen LogP) is 2.17. The van der Waals surface area contributed by atoms with Crippen LogP contribution in [-0.2, 0) is 5.92 Å². The molecule has 0 saturated carbocycles. The van der Waals surface area contributed by atoms with Crippen LogP contribution in [-0.4, -0.2) is 18.3 Å². The fourth-order valence-corrected chi connectivity index (χ4v) is 1.01. The molecule has 0 aliphatic rings. The van der Waals surface area contributed by atoms with Crippen molar-refractivity contribution in [2.45, 2.75) is 12.8 Å². The average Bonchev–Trinajstić information content (AvgIpc) is 2.14. The summed E-state index contributed by atoms with van der Waals surface area (Å²) >= 11 is 0. The molecule has 2 nitrogen and oxygen atoms in total. The van der Waals surface area contributed by atoms with Gasteiger partial charge in [0.1, 0.15) is 12.4 Å². The highest BCUT2D eigenvalue weighted by Crippen LogP contribution is 2.28. The highest BCUT2D eigenvalue weighted by Gasteiger charge is 2.23. The first kappa shape index (κ1) is 10.9. The van der Waals surface area contributed by atoms with Gasteiger partial charge in [-0.15, -0.1) is 0 Å². The minimum absolute atomic E-state index is 0.0474. The summed E-state index contributed by atoms with van der Waals surface area (Å²) in [6, 6.07) is 5.55. The summed E-state index contributed by atoms with van der Waals surface area (Å²) in [5.74, 6) is -2.35. The van der Waals surface area contributed by atoms with Gasteiger partial charge in [0.15, 0.2) is 0 Å². The normalized spacial score (nSPS) is 11.4. The topological polar surface area (TPSA) is 29.5 Å². The summed E-state index contributed by atoms with van der Waals surface area (Å²) < 4.78 is 30.5. The molecule has 0 amide bonds. The molecule has 0 atom stereocenters. The Morgan fingerprint density at radius 3 is 2.29 bits per heavy atom. The molecule has 14 heavy (non-hydrogen) atoms. The van der Waals surface area contributed by atoms with Crippen LogP contribution < -0.4 is 4.74 Å². The Hall–Kier alpha value is -1.16. The maximum absolute atomic E-state index is 12.8. The minimum atomic E-state index is -2.82. The van der Waals surface area contributed by atoms with Crippen LogP contribution >= 0.6 is 0 Å². The third-order valence-electron chi connectivity index (χ3n) is 1.72. The molecule has 1 rings (SSSR count). The number of alkyl halides is 2. The molecular weight excluding hydrogens is 190 g/mol. The van der Waals surface area contributed by atoms with E-state index in [9.17, 15) is 8.78 Å². The second-order valence-corrected chi connectivity index (χ2v) is 2.98. The van der Waals surface area contributed by atoms with Crippen molar-refractivity contribution in [2.24, 2.45) is 0 Å². The number of ether oxygens (including phenoxy) is 1. The Bertz CT molecular complexity index is 277. The summed E-state index contributed by atoms with van der Waals surface area (Å²) in [7, 11) is 0. The Kier molecular flexibility index (Phi) is 3.41. The summed E-state index contributed by atoms with van der Waals surface area (Å²) in [5, 5.41) is 8.47. The smallest absolute Gasteiger partial charge is 0.270 e. The number of hydrogen-bond acceptors (Lipinski definition) is 2. The van der Waals surface area contributed by atoms with E-state index < -0.39 is 5.92 Å². The molecule has 0 aliphatic heterocycles. The third-order valence-corrected chi connectivity index (χ3v) is 1.72. The lowest BCUT2D eigenvalue weighted by Gasteiger charge is -2.11. The van der Waals surface area contributed by atoms with Crippen LogP contribution in [0.1, 0.15) is 12.5 Å². The first-order valence-electron chi connectivity index (χ1n) is 4.26. The molecule has 0 heterocycles. The van der Waals surface area contributed by atoms with E-state index >= 15 is 0 Å². The molecule has 1 aromatic rings. The number of benzene rings is 1. The van der Waals surface area contributed by atoms with E-state index in [1.807, 2.05) is 0 Å². The second kappa shape index (κ2) is 4.37.